The predicted molar refractivity (Wildman–Crippen MR) is 59.0 cm³/mol. The van der Waals surface area contributed by atoms with E-state index in [0.29, 0.717) is 0 Å². The van der Waals surface area contributed by atoms with Crippen LogP contribution in [0.2, 0.25) is 0 Å². The molecule has 1 rings (SSSR count). The van der Waals surface area contributed by atoms with Gasteiger partial charge in [-0.2, -0.15) is 0 Å². The summed E-state index contributed by atoms with van der Waals surface area (Å²) in [4.78, 5) is 21.6. The van der Waals surface area contributed by atoms with Crippen LogP contribution in [0.5, 0.6) is 0 Å². The molecule has 0 saturated heterocycles. The Balaban J connectivity index is 2.26. The molecule has 0 amide bonds. The van der Waals surface area contributed by atoms with Gasteiger partial charge in [0.1, 0.15) is 6.10 Å². The zero-order valence-corrected chi connectivity index (χ0v) is 9.35. The molecule has 1 aliphatic rings. The Morgan fingerprint density at radius 3 is 2.69 bits per heavy atom. The van der Waals surface area contributed by atoms with Crippen LogP contribution < -0.4 is 0 Å². The molecule has 16 heavy (non-hydrogen) atoms. The van der Waals surface area contributed by atoms with Crippen molar-refractivity contribution in [1.29, 1.82) is 0 Å². The number of carbonyl (C=O) groups excluding carboxylic acids is 1. The summed E-state index contributed by atoms with van der Waals surface area (Å²) < 4.78 is 5.24. The monoisotopic (exact) mass is 226 g/mol. The van der Waals surface area contributed by atoms with E-state index in [2.05, 4.69) is 12.2 Å². The topological polar surface area (TPSA) is 63.6 Å². The fraction of sp³-hybridized carbons (Fsp3) is 0.667. The van der Waals surface area contributed by atoms with E-state index in [9.17, 15) is 9.59 Å². The molecule has 4 nitrogen and oxygen atoms in total. The highest BCUT2D eigenvalue weighted by atomic mass is 16.5. The number of hydrogen-bond donors (Lipinski definition) is 1. The average Bonchev–Trinajstić information content (AvgIpc) is 2.19. The molecule has 0 aromatic rings. The Morgan fingerprint density at radius 2 is 1.94 bits per heavy atom. The third kappa shape index (κ3) is 5.53. The van der Waals surface area contributed by atoms with Gasteiger partial charge in [-0.1, -0.05) is 12.2 Å². The molecule has 0 spiro atoms. The van der Waals surface area contributed by atoms with Gasteiger partial charge in [-0.15, -0.1) is 0 Å². The Labute approximate surface area is 95.3 Å². The lowest BCUT2D eigenvalue weighted by Gasteiger charge is -2.18. The van der Waals surface area contributed by atoms with Crippen molar-refractivity contribution in [3.63, 3.8) is 0 Å². The van der Waals surface area contributed by atoms with Crippen molar-refractivity contribution < 1.29 is 19.4 Å². The van der Waals surface area contributed by atoms with Crippen molar-refractivity contribution in [2.24, 2.45) is 0 Å². The second-order valence-electron chi connectivity index (χ2n) is 3.99. The Bertz CT molecular complexity index is 270. The molecular formula is C12H18O4. The lowest BCUT2D eigenvalue weighted by Crippen LogP contribution is -2.19. The highest BCUT2D eigenvalue weighted by Crippen LogP contribution is 2.16. The first-order chi connectivity index (χ1) is 7.68. The minimum absolute atomic E-state index is 0.0261. The summed E-state index contributed by atoms with van der Waals surface area (Å²) in [7, 11) is 0. The van der Waals surface area contributed by atoms with E-state index in [-0.39, 0.29) is 18.9 Å². The number of esters is 1. The molecular weight excluding hydrogens is 208 g/mol. The number of carboxylic acids is 1. The van der Waals surface area contributed by atoms with E-state index in [0.717, 1.165) is 32.1 Å². The van der Waals surface area contributed by atoms with E-state index >= 15 is 0 Å². The summed E-state index contributed by atoms with van der Waals surface area (Å²) >= 11 is 0. The van der Waals surface area contributed by atoms with Crippen molar-refractivity contribution in [2.75, 3.05) is 0 Å². The lowest BCUT2D eigenvalue weighted by atomic mass is 10.0. The maximum absolute atomic E-state index is 11.3. The molecule has 1 N–H and O–H groups in total. The Hall–Kier alpha value is -1.32. The summed E-state index contributed by atoms with van der Waals surface area (Å²) in [5.41, 5.74) is 0. The molecule has 1 unspecified atom stereocenters. The van der Waals surface area contributed by atoms with E-state index in [1.165, 1.54) is 0 Å². The molecule has 1 aliphatic carbocycles. The molecule has 0 saturated carbocycles. The van der Waals surface area contributed by atoms with Gasteiger partial charge in [0.2, 0.25) is 0 Å². The van der Waals surface area contributed by atoms with Gasteiger partial charge in [-0.25, -0.2) is 0 Å². The lowest BCUT2D eigenvalue weighted by molar-refractivity contribution is -0.152. The first kappa shape index (κ1) is 12.7. The minimum atomic E-state index is -0.961. The van der Waals surface area contributed by atoms with E-state index in [1.807, 2.05) is 0 Å². The number of rotatable bonds is 4. The van der Waals surface area contributed by atoms with Gasteiger partial charge in [-0.05, 0) is 32.1 Å². The Kier molecular flexibility index (Phi) is 5.61. The summed E-state index contributed by atoms with van der Waals surface area (Å²) in [6.45, 7) is 0. The fourth-order valence-electron chi connectivity index (χ4n) is 1.70. The smallest absolute Gasteiger partial charge is 0.306 e. The first-order valence-corrected chi connectivity index (χ1v) is 5.75. The zero-order valence-electron chi connectivity index (χ0n) is 9.35. The standard InChI is InChI=1S/C12H18O4/c13-11(14)8-9-12(15)16-10-6-4-2-1-3-5-7-10/h1-2,10H,3-9H2,(H,13,14)/b2-1-. The highest BCUT2D eigenvalue weighted by Gasteiger charge is 2.15. The van der Waals surface area contributed by atoms with Gasteiger partial charge < -0.3 is 9.84 Å². The van der Waals surface area contributed by atoms with Crippen LogP contribution in [0.25, 0.3) is 0 Å². The minimum Gasteiger partial charge on any atom is -0.481 e. The molecule has 0 aromatic carbocycles. The maximum atomic E-state index is 11.3. The molecule has 0 radical (unpaired) electrons. The summed E-state index contributed by atoms with van der Waals surface area (Å²) in [5, 5.41) is 8.43. The van der Waals surface area contributed by atoms with Crippen LogP contribution in [0.4, 0.5) is 0 Å². The van der Waals surface area contributed by atoms with Crippen LogP contribution in [-0.4, -0.2) is 23.1 Å². The number of allylic oxidation sites excluding steroid dienone is 2. The van der Waals surface area contributed by atoms with Gasteiger partial charge in [0.25, 0.3) is 0 Å². The van der Waals surface area contributed by atoms with Gasteiger partial charge in [0.05, 0.1) is 12.8 Å². The van der Waals surface area contributed by atoms with E-state index in [1.54, 1.807) is 0 Å². The number of aliphatic carboxylic acids is 1. The van der Waals surface area contributed by atoms with Gasteiger partial charge in [0, 0.05) is 0 Å². The number of ether oxygens (including phenoxy) is 1. The van der Waals surface area contributed by atoms with Crippen LogP contribution in [0.3, 0.4) is 0 Å². The van der Waals surface area contributed by atoms with E-state index < -0.39 is 11.9 Å². The summed E-state index contributed by atoms with van der Waals surface area (Å²) in [6, 6.07) is 0. The van der Waals surface area contributed by atoms with E-state index in [4.69, 9.17) is 9.84 Å². The third-order valence-corrected chi connectivity index (χ3v) is 2.56. The first-order valence-electron chi connectivity index (χ1n) is 5.75. The quantitative estimate of drug-likeness (QED) is 0.590. The third-order valence-electron chi connectivity index (χ3n) is 2.56. The largest absolute Gasteiger partial charge is 0.481 e. The van der Waals surface area contributed by atoms with Crippen molar-refractivity contribution in [3.05, 3.63) is 12.2 Å². The number of hydrogen-bond acceptors (Lipinski definition) is 3. The van der Waals surface area contributed by atoms with Crippen LogP contribution in [0.15, 0.2) is 12.2 Å². The van der Waals surface area contributed by atoms with Crippen LogP contribution in [0.1, 0.15) is 44.9 Å². The fourth-order valence-corrected chi connectivity index (χ4v) is 1.70. The van der Waals surface area contributed by atoms with Crippen molar-refractivity contribution >= 4 is 11.9 Å². The van der Waals surface area contributed by atoms with Crippen LogP contribution >= 0.6 is 0 Å². The highest BCUT2D eigenvalue weighted by molar-refractivity contribution is 5.76. The van der Waals surface area contributed by atoms with Crippen LogP contribution in [-0.2, 0) is 14.3 Å². The Morgan fingerprint density at radius 1 is 1.19 bits per heavy atom. The molecule has 1 atom stereocenters. The predicted octanol–water partition coefficient (Wildman–Crippen LogP) is 2.28. The van der Waals surface area contributed by atoms with Crippen molar-refractivity contribution in [1.82, 2.24) is 0 Å². The van der Waals surface area contributed by atoms with Crippen molar-refractivity contribution in [3.8, 4) is 0 Å². The molecule has 0 fully saturated rings. The average molecular weight is 226 g/mol. The molecule has 0 aliphatic heterocycles. The summed E-state index contributed by atoms with van der Waals surface area (Å²) in [6.07, 6.45) is 8.75. The molecule has 90 valence electrons. The number of carbonyl (C=O) groups is 2. The van der Waals surface area contributed by atoms with Gasteiger partial charge >= 0.3 is 11.9 Å². The molecule has 0 bridgehead atoms. The molecule has 0 heterocycles. The molecule has 4 heteroatoms. The van der Waals surface area contributed by atoms with Crippen LogP contribution in [0, 0.1) is 0 Å². The normalized spacial score (nSPS) is 22.9. The second kappa shape index (κ2) is 7.04. The second-order valence-corrected chi connectivity index (χ2v) is 3.99. The summed E-state index contributed by atoms with van der Waals surface area (Å²) in [5.74, 6) is -1.35. The SMILES string of the molecule is O=C(O)CCC(=O)OC1CC/C=C\CCC1. The maximum Gasteiger partial charge on any atom is 0.306 e. The van der Waals surface area contributed by atoms with Gasteiger partial charge in [-0.3, -0.25) is 9.59 Å². The number of carboxylic acid groups (broad SMARTS) is 1. The van der Waals surface area contributed by atoms with Crippen molar-refractivity contribution in [2.45, 2.75) is 51.0 Å². The van der Waals surface area contributed by atoms with Gasteiger partial charge in [0.15, 0.2) is 0 Å². The zero-order chi connectivity index (χ0) is 11.8. The molecule has 0 aromatic heterocycles.